The molecular weight excluding hydrogens is 347 g/mol. The molecule has 0 saturated carbocycles. The third-order valence-corrected chi connectivity index (χ3v) is 6.03. The maximum atomic E-state index is 11.2. The van der Waals surface area contributed by atoms with Crippen LogP contribution in [0.15, 0.2) is 0 Å². The van der Waals surface area contributed by atoms with E-state index in [1.54, 1.807) is 0 Å². The molecule has 4 nitrogen and oxygen atoms in total. The Morgan fingerprint density at radius 2 is 1.16 bits per heavy atom. The first-order valence-electron chi connectivity index (χ1n) is 10.0. The van der Waals surface area contributed by atoms with Gasteiger partial charge in [-0.25, -0.2) is 8.42 Å². The quantitative estimate of drug-likeness (QED) is 0.236. The van der Waals surface area contributed by atoms with Gasteiger partial charge in [0.1, 0.15) is 0 Å². The standard InChI is InChI=1S/C19H40O4S.Na/c1-3-5-7-8-9-10-11-12-14-18(20)15-13-17-19(16-6-4-2)24(21,22)23;/h18-20H,3-17H2,1-2H3,(H,21,22,23);/q;+1/p-1. The molecule has 0 heterocycles. The summed E-state index contributed by atoms with van der Waals surface area (Å²) < 4.78 is 33.7. The van der Waals surface area contributed by atoms with Crippen LogP contribution in [0, 0.1) is 0 Å². The summed E-state index contributed by atoms with van der Waals surface area (Å²) in [6.07, 6.45) is 14.2. The molecule has 0 radical (unpaired) electrons. The van der Waals surface area contributed by atoms with E-state index in [0.717, 1.165) is 32.1 Å². The minimum absolute atomic E-state index is 0. The number of hydrogen-bond acceptors (Lipinski definition) is 4. The Labute approximate surface area is 178 Å². The molecular formula is C19H39NaO4S. The molecule has 0 aromatic rings. The van der Waals surface area contributed by atoms with Gasteiger partial charge in [0.25, 0.3) is 0 Å². The topological polar surface area (TPSA) is 77.4 Å². The van der Waals surface area contributed by atoms with Crippen molar-refractivity contribution in [3.05, 3.63) is 0 Å². The third-order valence-electron chi connectivity index (χ3n) is 4.74. The Morgan fingerprint density at radius 1 is 0.720 bits per heavy atom. The largest absolute Gasteiger partial charge is 1.00 e. The summed E-state index contributed by atoms with van der Waals surface area (Å²) in [5.41, 5.74) is 0. The van der Waals surface area contributed by atoms with E-state index in [-0.39, 0.29) is 35.7 Å². The maximum Gasteiger partial charge on any atom is 1.00 e. The van der Waals surface area contributed by atoms with Crippen LogP contribution in [-0.4, -0.2) is 29.4 Å². The predicted molar refractivity (Wildman–Crippen MR) is 100 cm³/mol. The first-order valence-corrected chi connectivity index (χ1v) is 11.5. The number of rotatable bonds is 17. The molecule has 0 amide bonds. The Hall–Kier alpha value is 0.870. The van der Waals surface area contributed by atoms with E-state index < -0.39 is 15.4 Å². The zero-order valence-corrected chi connectivity index (χ0v) is 19.7. The zero-order chi connectivity index (χ0) is 18.3. The van der Waals surface area contributed by atoms with E-state index in [1.807, 2.05) is 6.92 Å². The van der Waals surface area contributed by atoms with Crippen molar-refractivity contribution in [3.63, 3.8) is 0 Å². The van der Waals surface area contributed by atoms with Crippen molar-refractivity contribution in [2.45, 2.75) is 122 Å². The summed E-state index contributed by atoms with van der Waals surface area (Å²) in [6.45, 7) is 4.21. The van der Waals surface area contributed by atoms with Crippen LogP contribution in [0.5, 0.6) is 0 Å². The first kappa shape index (κ1) is 28.1. The molecule has 1 N–H and O–H groups in total. The fraction of sp³-hybridized carbons (Fsp3) is 1.00. The smallest absolute Gasteiger partial charge is 0.748 e. The van der Waals surface area contributed by atoms with E-state index in [0.29, 0.717) is 25.7 Å². The van der Waals surface area contributed by atoms with Crippen molar-refractivity contribution in [3.8, 4) is 0 Å². The molecule has 0 aliphatic rings. The molecule has 0 aliphatic heterocycles. The van der Waals surface area contributed by atoms with Crippen molar-refractivity contribution in [1.29, 1.82) is 0 Å². The molecule has 0 spiro atoms. The number of hydrogen-bond donors (Lipinski definition) is 1. The Balaban J connectivity index is 0. The zero-order valence-electron chi connectivity index (χ0n) is 16.8. The van der Waals surface area contributed by atoms with Gasteiger partial charge in [-0.05, 0) is 32.1 Å². The van der Waals surface area contributed by atoms with Crippen molar-refractivity contribution in [2.75, 3.05) is 0 Å². The molecule has 25 heavy (non-hydrogen) atoms. The summed E-state index contributed by atoms with van der Waals surface area (Å²) in [4.78, 5) is 0. The molecule has 0 bridgehead atoms. The molecule has 6 heteroatoms. The van der Waals surface area contributed by atoms with E-state index in [4.69, 9.17) is 0 Å². The minimum Gasteiger partial charge on any atom is -0.748 e. The Bertz CT molecular complexity index is 374. The van der Waals surface area contributed by atoms with E-state index in [9.17, 15) is 18.1 Å². The van der Waals surface area contributed by atoms with E-state index >= 15 is 0 Å². The van der Waals surface area contributed by atoms with Crippen LogP contribution in [0.1, 0.15) is 110 Å². The van der Waals surface area contributed by atoms with Crippen LogP contribution >= 0.6 is 0 Å². The van der Waals surface area contributed by atoms with Gasteiger partial charge in [0.2, 0.25) is 0 Å². The van der Waals surface area contributed by atoms with Gasteiger partial charge in [-0.3, -0.25) is 0 Å². The number of unbranched alkanes of at least 4 members (excludes halogenated alkanes) is 8. The van der Waals surface area contributed by atoms with Gasteiger partial charge in [-0.15, -0.1) is 0 Å². The average Bonchev–Trinajstić information content (AvgIpc) is 2.52. The van der Waals surface area contributed by atoms with Crippen LogP contribution in [0.3, 0.4) is 0 Å². The van der Waals surface area contributed by atoms with Gasteiger partial charge >= 0.3 is 29.6 Å². The van der Waals surface area contributed by atoms with E-state index in [2.05, 4.69) is 6.92 Å². The molecule has 0 aromatic heterocycles. The second kappa shape index (κ2) is 18.2. The minimum atomic E-state index is -4.20. The van der Waals surface area contributed by atoms with Crippen LogP contribution in [0.4, 0.5) is 0 Å². The van der Waals surface area contributed by atoms with Gasteiger partial charge in [0, 0.05) is 5.25 Å². The van der Waals surface area contributed by atoms with Crippen LogP contribution in [0.25, 0.3) is 0 Å². The normalized spacial score (nSPS) is 14.1. The summed E-state index contributed by atoms with van der Waals surface area (Å²) in [7, 11) is -4.20. The second-order valence-corrected chi connectivity index (χ2v) is 8.76. The molecule has 2 atom stereocenters. The van der Waals surface area contributed by atoms with Gasteiger partial charge < -0.3 is 9.66 Å². The summed E-state index contributed by atoms with van der Waals surface area (Å²) >= 11 is 0. The fourth-order valence-electron chi connectivity index (χ4n) is 3.10. The number of aliphatic hydroxyl groups is 1. The Morgan fingerprint density at radius 3 is 1.68 bits per heavy atom. The molecule has 0 fully saturated rings. The van der Waals surface area contributed by atoms with Crippen molar-refractivity contribution >= 4 is 10.1 Å². The molecule has 0 rings (SSSR count). The maximum absolute atomic E-state index is 11.2. The van der Waals surface area contributed by atoms with Gasteiger partial charge in [-0.1, -0.05) is 78.1 Å². The fourth-order valence-corrected chi connectivity index (χ4v) is 4.01. The van der Waals surface area contributed by atoms with Crippen LogP contribution in [-0.2, 0) is 10.1 Å². The SMILES string of the molecule is CCCCCCCCCCC(O)CCCC(CCCC)S(=O)(=O)[O-].[Na+]. The predicted octanol–water partition coefficient (Wildman–Crippen LogP) is 2.16. The van der Waals surface area contributed by atoms with Gasteiger partial charge in [0.15, 0.2) is 0 Å². The Kier molecular flexibility index (Phi) is 20.5. The average molecular weight is 387 g/mol. The molecule has 2 unspecified atom stereocenters. The molecule has 0 aromatic carbocycles. The van der Waals surface area contributed by atoms with Gasteiger partial charge in [-0.2, -0.15) is 0 Å². The monoisotopic (exact) mass is 386 g/mol. The van der Waals surface area contributed by atoms with Crippen LogP contribution in [0.2, 0.25) is 0 Å². The molecule has 146 valence electrons. The van der Waals surface area contributed by atoms with Crippen molar-refractivity contribution in [2.24, 2.45) is 0 Å². The van der Waals surface area contributed by atoms with E-state index in [1.165, 1.54) is 38.5 Å². The van der Waals surface area contributed by atoms with Crippen LogP contribution < -0.4 is 29.6 Å². The molecule has 0 saturated heterocycles. The van der Waals surface area contributed by atoms with Crippen molar-refractivity contribution in [1.82, 2.24) is 0 Å². The first-order chi connectivity index (χ1) is 11.4. The second-order valence-electron chi connectivity index (χ2n) is 7.11. The molecule has 0 aliphatic carbocycles. The van der Waals surface area contributed by atoms with Gasteiger partial charge in [0.05, 0.1) is 16.2 Å². The third kappa shape index (κ3) is 18.0. The van der Waals surface area contributed by atoms with Crippen molar-refractivity contribution < 1.29 is 47.6 Å². The summed E-state index contributed by atoms with van der Waals surface area (Å²) in [6, 6.07) is 0. The summed E-state index contributed by atoms with van der Waals surface area (Å²) in [5, 5.41) is 9.22. The summed E-state index contributed by atoms with van der Waals surface area (Å²) in [5.74, 6) is 0. The number of aliphatic hydroxyl groups excluding tert-OH is 1.